The molecule has 0 radical (unpaired) electrons. The third-order valence-electron chi connectivity index (χ3n) is 2.26. The quantitative estimate of drug-likeness (QED) is 0.731. The van der Waals surface area contributed by atoms with Crippen molar-refractivity contribution in [2.45, 2.75) is 12.5 Å². The van der Waals surface area contributed by atoms with Gasteiger partial charge in [0, 0.05) is 5.56 Å². The Hall–Kier alpha value is -1.84. The summed E-state index contributed by atoms with van der Waals surface area (Å²) in [5.74, 6) is -1.10. The average molecular weight is 191 g/mol. The Bertz CT molecular complexity index is 398. The first-order chi connectivity index (χ1) is 6.68. The van der Waals surface area contributed by atoms with E-state index in [1.165, 1.54) is 0 Å². The Balaban J connectivity index is 2.34. The normalized spacial score (nSPS) is 18.9. The van der Waals surface area contributed by atoms with E-state index in [2.05, 4.69) is 5.32 Å². The van der Waals surface area contributed by atoms with Crippen LogP contribution in [0.1, 0.15) is 28.4 Å². The first-order valence-corrected chi connectivity index (χ1v) is 4.30. The van der Waals surface area contributed by atoms with Crippen LogP contribution in [0.5, 0.6) is 0 Å². The van der Waals surface area contributed by atoms with Gasteiger partial charge < -0.3 is 10.4 Å². The molecule has 0 bridgehead atoms. The molecule has 4 nitrogen and oxygen atoms in total. The Morgan fingerprint density at radius 3 is 2.86 bits per heavy atom. The third kappa shape index (κ3) is 1.35. The largest absolute Gasteiger partial charge is 0.481 e. The van der Waals surface area contributed by atoms with Gasteiger partial charge in [-0.2, -0.15) is 0 Å². The van der Waals surface area contributed by atoms with E-state index in [1.807, 2.05) is 0 Å². The van der Waals surface area contributed by atoms with Crippen molar-refractivity contribution in [3.05, 3.63) is 35.4 Å². The predicted octanol–water partition coefficient (Wildman–Crippen LogP) is 0.946. The van der Waals surface area contributed by atoms with Gasteiger partial charge in [-0.25, -0.2) is 0 Å². The van der Waals surface area contributed by atoms with Crippen molar-refractivity contribution >= 4 is 11.9 Å². The van der Waals surface area contributed by atoms with Gasteiger partial charge in [-0.1, -0.05) is 18.2 Å². The van der Waals surface area contributed by atoms with Gasteiger partial charge in [0.2, 0.25) is 0 Å². The molecule has 1 aromatic carbocycles. The van der Waals surface area contributed by atoms with Crippen molar-refractivity contribution in [1.82, 2.24) is 5.32 Å². The highest BCUT2D eigenvalue weighted by molar-refractivity contribution is 5.99. The third-order valence-corrected chi connectivity index (χ3v) is 2.26. The van der Waals surface area contributed by atoms with Crippen LogP contribution in [0.2, 0.25) is 0 Å². The highest BCUT2D eigenvalue weighted by atomic mass is 16.4. The summed E-state index contributed by atoms with van der Waals surface area (Å²) in [4.78, 5) is 21.9. The van der Waals surface area contributed by atoms with Crippen molar-refractivity contribution in [3.63, 3.8) is 0 Å². The highest BCUT2D eigenvalue weighted by Gasteiger charge is 2.29. The fraction of sp³-hybridized carbons (Fsp3) is 0.200. The molecule has 0 aromatic heterocycles. The van der Waals surface area contributed by atoms with Gasteiger partial charge in [0.15, 0.2) is 0 Å². The molecular formula is C10H9NO3. The number of fused-ring (bicyclic) bond motifs is 1. The van der Waals surface area contributed by atoms with Crippen molar-refractivity contribution in [2.24, 2.45) is 0 Å². The van der Waals surface area contributed by atoms with E-state index in [1.54, 1.807) is 24.3 Å². The van der Waals surface area contributed by atoms with E-state index in [-0.39, 0.29) is 18.4 Å². The van der Waals surface area contributed by atoms with Gasteiger partial charge in [-0.3, -0.25) is 9.59 Å². The number of carboxylic acid groups (broad SMARTS) is 1. The number of carbonyl (C=O) groups excluding carboxylic acids is 1. The van der Waals surface area contributed by atoms with E-state index in [9.17, 15) is 9.59 Å². The van der Waals surface area contributed by atoms with Crippen LogP contribution in [0.25, 0.3) is 0 Å². The number of carboxylic acids is 1. The minimum atomic E-state index is -0.910. The minimum absolute atomic E-state index is 0.0667. The molecule has 1 atom stereocenters. The molecule has 0 saturated carbocycles. The minimum Gasteiger partial charge on any atom is -0.481 e. The molecule has 0 unspecified atom stereocenters. The van der Waals surface area contributed by atoms with Gasteiger partial charge in [0.1, 0.15) is 0 Å². The maximum absolute atomic E-state index is 11.4. The summed E-state index contributed by atoms with van der Waals surface area (Å²) in [7, 11) is 0. The SMILES string of the molecule is O=C(O)C[C@@H]1NC(=O)c2ccccc21. The molecule has 1 heterocycles. The Kier molecular flexibility index (Phi) is 1.96. The van der Waals surface area contributed by atoms with E-state index in [4.69, 9.17) is 5.11 Å². The number of carbonyl (C=O) groups is 2. The van der Waals surface area contributed by atoms with Crippen LogP contribution in [-0.4, -0.2) is 17.0 Å². The molecule has 4 heteroatoms. The van der Waals surface area contributed by atoms with E-state index < -0.39 is 5.97 Å². The summed E-state index contributed by atoms with van der Waals surface area (Å²) < 4.78 is 0. The number of hydrogen-bond acceptors (Lipinski definition) is 2. The van der Waals surface area contributed by atoms with Crippen LogP contribution in [0, 0.1) is 0 Å². The zero-order valence-corrected chi connectivity index (χ0v) is 7.36. The first-order valence-electron chi connectivity index (χ1n) is 4.30. The summed E-state index contributed by atoms with van der Waals surface area (Å²) in [6, 6.07) is 6.67. The smallest absolute Gasteiger partial charge is 0.305 e. The molecule has 0 saturated heterocycles. The van der Waals surface area contributed by atoms with E-state index in [0.29, 0.717) is 5.56 Å². The van der Waals surface area contributed by atoms with Crippen molar-refractivity contribution in [2.75, 3.05) is 0 Å². The summed E-state index contributed by atoms with van der Waals surface area (Å²) in [5.41, 5.74) is 1.36. The predicted molar refractivity (Wildman–Crippen MR) is 48.9 cm³/mol. The first kappa shape index (κ1) is 8.74. The Morgan fingerprint density at radius 1 is 1.43 bits per heavy atom. The summed E-state index contributed by atoms with van der Waals surface area (Å²) in [5, 5.41) is 11.3. The fourth-order valence-electron chi connectivity index (χ4n) is 1.66. The lowest BCUT2D eigenvalue weighted by molar-refractivity contribution is -0.137. The second kappa shape index (κ2) is 3.14. The highest BCUT2D eigenvalue weighted by Crippen LogP contribution is 2.27. The van der Waals surface area contributed by atoms with Crippen molar-refractivity contribution in [1.29, 1.82) is 0 Å². The number of hydrogen-bond donors (Lipinski definition) is 2. The summed E-state index contributed by atoms with van der Waals surface area (Å²) in [6.45, 7) is 0. The van der Waals surface area contributed by atoms with Crippen LogP contribution in [-0.2, 0) is 4.79 Å². The number of rotatable bonds is 2. The lowest BCUT2D eigenvalue weighted by Gasteiger charge is -2.07. The lowest BCUT2D eigenvalue weighted by atomic mass is 10.0. The number of aliphatic carboxylic acids is 1. The molecule has 0 fully saturated rings. The molecule has 0 spiro atoms. The van der Waals surface area contributed by atoms with Crippen LogP contribution in [0.15, 0.2) is 24.3 Å². The maximum Gasteiger partial charge on any atom is 0.305 e. The molecule has 72 valence electrons. The van der Waals surface area contributed by atoms with Crippen molar-refractivity contribution < 1.29 is 14.7 Å². The molecule has 1 amide bonds. The summed E-state index contributed by atoms with van der Waals surface area (Å²) in [6.07, 6.45) is -0.0667. The zero-order valence-electron chi connectivity index (χ0n) is 7.36. The molecular weight excluding hydrogens is 182 g/mol. The number of nitrogens with one attached hydrogen (secondary N) is 1. The van der Waals surface area contributed by atoms with E-state index in [0.717, 1.165) is 5.56 Å². The zero-order chi connectivity index (χ0) is 10.1. The van der Waals surface area contributed by atoms with Gasteiger partial charge in [-0.05, 0) is 11.6 Å². The number of benzene rings is 1. The van der Waals surface area contributed by atoms with Crippen LogP contribution in [0.4, 0.5) is 0 Å². The van der Waals surface area contributed by atoms with Gasteiger partial charge in [0.25, 0.3) is 5.91 Å². The second-order valence-corrected chi connectivity index (χ2v) is 3.21. The van der Waals surface area contributed by atoms with E-state index >= 15 is 0 Å². The molecule has 2 rings (SSSR count). The van der Waals surface area contributed by atoms with Crippen LogP contribution < -0.4 is 5.32 Å². The average Bonchev–Trinajstić information content (AvgIpc) is 2.44. The van der Waals surface area contributed by atoms with Crippen LogP contribution in [0.3, 0.4) is 0 Å². The van der Waals surface area contributed by atoms with Crippen LogP contribution >= 0.6 is 0 Å². The van der Waals surface area contributed by atoms with Gasteiger partial charge in [-0.15, -0.1) is 0 Å². The topological polar surface area (TPSA) is 66.4 Å². The molecule has 1 aliphatic heterocycles. The van der Waals surface area contributed by atoms with Crippen molar-refractivity contribution in [3.8, 4) is 0 Å². The monoisotopic (exact) mass is 191 g/mol. The number of amides is 1. The second-order valence-electron chi connectivity index (χ2n) is 3.21. The fourth-order valence-corrected chi connectivity index (χ4v) is 1.66. The summed E-state index contributed by atoms with van der Waals surface area (Å²) >= 11 is 0. The lowest BCUT2D eigenvalue weighted by Crippen LogP contribution is -2.21. The Morgan fingerprint density at radius 2 is 2.14 bits per heavy atom. The van der Waals surface area contributed by atoms with Gasteiger partial charge >= 0.3 is 5.97 Å². The molecule has 1 aliphatic rings. The Labute approximate surface area is 80.6 Å². The molecule has 1 aromatic rings. The molecule has 2 N–H and O–H groups in total. The standard InChI is InChI=1S/C10H9NO3/c12-9(13)5-8-6-3-1-2-4-7(6)10(14)11-8/h1-4,8H,5H2,(H,11,14)(H,12,13)/t8-/m0/s1. The molecule has 0 aliphatic carbocycles. The maximum atomic E-state index is 11.4. The molecule has 14 heavy (non-hydrogen) atoms. The van der Waals surface area contributed by atoms with Gasteiger partial charge in [0.05, 0.1) is 12.5 Å².